The number of amides is 2. The molecule has 2 aliphatic rings. The molecule has 1 saturated carbocycles. The van der Waals surface area contributed by atoms with E-state index in [1.165, 1.54) is 0 Å². The monoisotopic (exact) mass is 261 g/mol. The summed E-state index contributed by atoms with van der Waals surface area (Å²) in [6.45, 7) is 3.45. The Bertz CT molecular complexity index is 479. The van der Waals surface area contributed by atoms with E-state index in [4.69, 9.17) is 4.74 Å². The molecule has 1 aromatic heterocycles. The van der Waals surface area contributed by atoms with Gasteiger partial charge >= 0.3 is 6.03 Å². The van der Waals surface area contributed by atoms with Crippen LogP contribution in [0, 0.1) is 5.92 Å². The van der Waals surface area contributed by atoms with Crippen LogP contribution in [0.25, 0.3) is 0 Å². The van der Waals surface area contributed by atoms with Crippen molar-refractivity contribution in [1.29, 1.82) is 0 Å². The third-order valence-electron chi connectivity index (χ3n) is 4.36. The average Bonchev–Trinajstić information content (AvgIpc) is 2.98. The summed E-state index contributed by atoms with van der Waals surface area (Å²) in [7, 11) is 1.82. The van der Waals surface area contributed by atoms with Crippen molar-refractivity contribution in [2.75, 3.05) is 20.3 Å². The van der Waals surface area contributed by atoms with Crippen molar-refractivity contribution in [1.82, 2.24) is 15.2 Å². The Hall–Kier alpha value is -1.62. The molecule has 1 N–H and O–H groups in total. The molecule has 19 heavy (non-hydrogen) atoms. The number of hydrogen-bond donors (Lipinski definition) is 1. The van der Waals surface area contributed by atoms with Crippen LogP contribution >= 0.6 is 0 Å². The van der Waals surface area contributed by atoms with Gasteiger partial charge in [0.1, 0.15) is 0 Å². The number of urea groups is 1. The van der Waals surface area contributed by atoms with Crippen LogP contribution in [0.5, 0.6) is 0 Å². The second-order valence-corrected chi connectivity index (χ2v) is 5.57. The number of fused-ring (bicyclic) bond motifs is 1. The standard InChI is InChI=1S/C14H19N3O2/c1-10(11-3-5-15-6-4-11)17(2)13(18)16-14-7-12(14)8-19-9-14/h3-6,10,12H,7-9H2,1-2H3,(H,16,18)/t10-,12+,14+/m0/s1. The summed E-state index contributed by atoms with van der Waals surface area (Å²) in [6.07, 6.45) is 4.55. The summed E-state index contributed by atoms with van der Waals surface area (Å²) >= 11 is 0. The largest absolute Gasteiger partial charge is 0.379 e. The molecule has 2 heterocycles. The van der Waals surface area contributed by atoms with Crippen LogP contribution in [0.2, 0.25) is 0 Å². The van der Waals surface area contributed by atoms with Crippen LogP contribution in [0.15, 0.2) is 24.5 Å². The zero-order valence-corrected chi connectivity index (χ0v) is 11.3. The Morgan fingerprint density at radius 3 is 2.89 bits per heavy atom. The van der Waals surface area contributed by atoms with E-state index >= 15 is 0 Å². The van der Waals surface area contributed by atoms with Gasteiger partial charge in [0.15, 0.2) is 0 Å². The van der Waals surface area contributed by atoms with Crippen molar-refractivity contribution < 1.29 is 9.53 Å². The average molecular weight is 261 g/mol. The SMILES string of the molecule is C[C@@H](c1ccncc1)N(C)C(=O)N[C@]12COC[C@H]1C2. The highest BCUT2D eigenvalue weighted by atomic mass is 16.5. The first-order valence-electron chi connectivity index (χ1n) is 6.65. The quantitative estimate of drug-likeness (QED) is 0.898. The first-order chi connectivity index (χ1) is 9.12. The lowest BCUT2D eigenvalue weighted by molar-refractivity contribution is 0.148. The highest BCUT2D eigenvalue weighted by Crippen LogP contribution is 2.48. The van der Waals surface area contributed by atoms with Crippen LogP contribution in [0.3, 0.4) is 0 Å². The van der Waals surface area contributed by atoms with Gasteiger partial charge in [-0.2, -0.15) is 0 Å². The summed E-state index contributed by atoms with van der Waals surface area (Å²) in [4.78, 5) is 18.0. The molecule has 3 rings (SSSR count). The summed E-state index contributed by atoms with van der Waals surface area (Å²) in [5.41, 5.74) is 1.00. The van der Waals surface area contributed by atoms with Gasteiger partial charge < -0.3 is 15.0 Å². The smallest absolute Gasteiger partial charge is 0.318 e. The molecule has 5 nitrogen and oxygen atoms in total. The normalized spacial score (nSPS) is 29.5. The number of nitrogens with zero attached hydrogens (tertiary/aromatic N) is 2. The van der Waals surface area contributed by atoms with Gasteiger partial charge in [0.2, 0.25) is 0 Å². The molecular weight excluding hydrogens is 242 g/mol. The topological polar surface area (TPSA) is 54.5 Å². The van der Waals surface area contributed by atoms with Gasteiger partial charge in [0.25, 0.3) is 0 Å². The number of ether oxygens (including phenoxy) is 1. The number of rotatable bonds is 3. The third kappa shape index (κ3) is 2.18. The Kier molecular flexibility index (Phi) is 2.93. The molecule has 3 atom stereocenters. The summed E-state index contributed by atoms with van der Waals surface area (Å²) in [6, 6.07) is 3.87. The van der Waals surface area contributed by atoms with Crippen LogP contribution in [-0.4, -0.2) is 41.7 Å². The molecular formula is C14H19N3O2. The van der Waals surface area contributed by atoms with Gasteiger partial charge in [0.05, 0.1) is 24.8 Å². The summed E-state index contributed by atoms with van der Waals surface area (Å²) < 4.78 is 5.39. The summed E-state index contributed by atoms with van der Waals surface area (Å²) in [5.74, 6) is 0.515. The van der Waals surface area contributed by atoms with Gasteiger partial charge in [-0.05, 0) is 31.0 Å². The fourth-order valence-electron chi connectivity index (χ4n) is 2.69. The van der Waals surface area contributed by atoms with E-state index in [0.29, 0.717) is 12.5 Å². The molecule has 2 amide bonds. The minimum absolute atomic E-state index is 0.0268. The second kappa shape index (κ2) is 4.49. The van der Waals surface area contributed by atoms with Gasteiger partial charge in [-0.1, -0.05) is 0 Å². The van der Waals surface area contributed by atoms with E-state index < -0.39 is 0 Å². The number of carbonyl (C=O) groups excluding carboxylic acids is 1. The first-order valence-corrected chi connectivity index (χ1v) is 6.65. The van der Waals surface area contributed by atoms with Gasteiger partial charge in [-0.25, -0.2) is 4.79 Å². The lowest BCUT2D eigenvalue weighted by atomic mass is 10.1. The predicted octanol–water partition coefficient (Wildman–Crippen LogP) is 1.57. The molecule has 5 heteroatoms. The van der Waals surface area contributed by atoms with Crippen molar-refractivity contribution in [3.05, 3.63) is 30.1 Å². The fourth-order valence-corrected chi connectivity index (χ4v) is 2.69. The van der Waals surface area contributed by atoms with Crippen LogP contribution < -0.4 is 5.32 Å². The van der Waals surface area contributed by atoms with Crippen molar-refractivity contribution in [3.8, 4) is 0 Å². The van der Waals surface area contributed by atoms with Crippen LogP contribution in [-0.2, 0) is 4.74 Å². The fraction of sp³-hybridized carbons (Fsp3) is 0.571. The second-order valence-electron chi connectivity index (χ2n) is 5.57. The highest BCUT2D eigenvalue weighted by molar-refractivity contribution is 5.76. The number of pyridine rings is 1. The van der Waals surface area contributed by atoms with Crippen LogP contribution in [0.4, 0.5) is 4.79 Å². The number of aromatic nitrogens is 1. The molecule has 0 radical (unpaired) electrons. The molecule has 102 valence electrons. The van der Waals surface area contributed by atoms with Crippen molar-refractivity contribution >= 4 is 6.03 Å². The van der Waals surface area contributed by atoms with Crippen molar-refractivity contribution in [3.63, 3.8) is 0 Å². The zero-order chi connectivity index (χ0) is 13.5. The third-order valence-corrected chi connectivity index (χ3v) is 4.36. The Morgan fingerprint density at radius 2 is 2.32 bits per heavy atom. The van der Waals surface area contributed by atoms with E-state index in [-0.39, 0.29) is 17.6 Å². The van der Waals surface area contributed by atoms with Crippen molar-refractivity contribution in [2.24, 2.45) is 5.92 Å². The lowest BCUT2D eigenvalue weighted by Crippen LogP contribution is -2.47. The van der Waals surface area contributed by atoms with Crippen molar-refractivity contribution in [2.45, 2.75) is 24.9 Å². The van der Waals surface area contributed by atoms with E-state index in [1.54, 1.807) is 17.3 Å². The molecule has 1 aliphatic heterocycles. The molecule has 2 fully saturated rings. The molecule has 1 aliphatic carbocycles. The maximum absolute atomic E-state index is 12.3. The Morgan fingerprint density at radius 1 is 1.58 bits per heavy atom. The first kappa shape index (κ1) is 12.4. The molecule has 0 aromatic carbocycles. The minimum atomic E-state index is -0.0801. The zero-order valence-electron chi connectivity index (χ0n) is 11.3. The molecule has 1 saturated heterocycles. The van der Waals surface area contributed by atoms with E-state index in [1.807, 2.05) is 26.1 Å². The molecule has 0 unspecified atom stereocenters. The molecule has 1 aromatic rings. The van der Waals surface area contributed by atoms with E-state index in [0.717, 1.165) is 18.6 Å². The Labute approximate surface area is 113 Å². The maximum atomic E-state index is 12.3. The summed E-state index contributed by atoms with van der Waals surface area (Å²) in [5, 5.41) is 3.13. The minimum Gasteiger partial charge on any atom is -0.379 e. The van der Waals surface area contributed by atoms with Gasteiger partial charge in [0, 0.05) is 25.4 Å². The number of hydrogen-bond acceptors (Lipinski definition) is 3. The van der Waals surface area contributed by atoms with Gasteiger partial charge in [-0.15, -0.1) is 0 Å². The van der Waals surface area contributed by atoms with Gasteiger partial charge in [-0.3, -0.25) is 4.98 Å². The Balaban J connectivity index is 1.63. The van der Waals surface area contributed by atoms with E-state index in [9.17, 15) is 4.79 Å². The maximum Gasteiger partial charge on any atom is 0.318 e. The highest BCUT2D eigenvalue weighted by Gasteiger charge is 2.59. The number of carbonyl (C=O) groups is 1. The number of nitrogens with one attached hydrogen (secondary N) is 1. The molecule has 0 bridgehead atoms. The van der Waals surface area contributed by atoms with Crippen LogP contribution in [0.1, 0.15) is 24.9 Å². The molecule has 0 spiro atoms. The lowest BCUT2D eigenvalue weighted by Gasteiger charge is -2.27. The predicted molar refractivity (Wildman–Crippen MR) is 70.6 cm³/mol. The van der Waals surface area contributed by atoms with E-state index in [2.05, 4.69) is 10.3 Å².